The lowest BCUT2D eigenvalue weighted by molar-refractivity contribution is -0.134. The van der Waals surface area contributed by atoms with Crippen LogP contribution in [0, 0.1) is 0 Å². The molecule has 6 heteroatoms. The van der Waals surface area contributed by atoms with Crippen LogP contribution < -0.4 is 14.8 Å². The summed E-state index contributed by atoms with van der Waals surface area (Å²) in [6.45, 7) is 4.15. The Labute approximate surface area is 200 Å². The first-order valence-electron chi connectivity index (χ1n) is 11.4. The van der Waals surface area contributed by atoms with E-state index in [1.807, 2.05) is 68.4 Å². The van der Waals surface area contributed by atoms with Crippen LogP contribution in [0.2, 0.25) is 0 Å². The predicted molar refractivity (Wildman–Crippen MR) is 131 cm³/mol. The SMILES string of the molecule is COc1ccc(CC(=O)Nc2ccc3c(c2)[C@H](OCCc2ccccc2)[C@@H](O)C(C)(C)O3)cc1. The van der Waals surface area contributed by atoms with Crippen LogP contribution in [-0.2, 0) is 22.4 Å². The Morgan fingerprint density at radius 1 is 1.03 bits per heavy atom. The number of fused-ring (bicyclic) bond motifs is 1. The van der Waals surface area contributed by atoms with Crippen molar-refractivity contribution in [2.45, 2.75) is 44.5 Å². The van der Waals surface area contributed by atoms with E-state index in [-0.39, 0.29) is 12.3 Å². The van der Waals surface area contributed by atoms with Gasteiger partial charge in [0.2, 0.25) is 5.91 Å². The Bertz CT molecular complexity index is 1110. The molecule has 1 heterocycles. The van der Waals surface area contributed by atoms with Crippen molar-refractivity contribution in [3.63, 3.8) is 0 Å². The molecule has 0 aromatic heterocycles. The first-order valence-corrected chi connectivity index (χ1v) is 11.4. The maximum Gasteiger partial charge on any atom is 0.228 e. The topological polar surface area (TPSA) is 77.0 Å². The first kappa shape index (κ1) is 23.8. The lowest BCUT2D eigenvalue weighted by atomic mass is 9.88. The molecule has 0 unspecified atom stereocenters. The highest BCUT2D eigenvalue weighted by atomic mass is 16.5. The largest absolute Gasteiger partial charge is 0.497 e. The fraction of sp³-hybridized carbons (Fsp3) is 0.321. The molecule has 3 aromatic rings. The number of ether oxygens (including phenoxy) is 3. The maximum absolute atomic E-state index is 12.6. The summed E-state index contributed by atoms with van der Waals surface area (Å²) in [7, 11) is 1.61. The number of amides is 1. The van der Waals surface area contributed by atoms with Gasteiger partial charge in [-0.1, -0.05) is 42.5 Å². The number of hydrogen-bond donors (Lipinski definition) is 2. The molecule has 1 aliphatic rings. The maximum atomic E-state index is 12.6. The van der Waals surface area contributed by atoms with Gasteiger partial charge in [0.15, 0.2) is 0 Å². The summed E-state index contributed by atoms with van der Waals surface area (Å²) in [5.41, 5.74) is 2.61. The third-order valence-electron chi connectivity index (χ3n) is 6.03. The highest BCUT2D eigenvalue weighted by Gasteiger charge is 2.43. The lowest BCUT2D eigenvalue weighted by Gasteiger charge is -2.42. The molecule has 0 radical (unpaired) electrons. The van der Waals surface area contributed by atoms with Gasteiger partial charge in [-0.15, -0.1) is 0 Å². The molecule has 2 N–H and O–H groups in total. The zero-order chi connectivity index (χ0) is 24.1. The van der Waals surface area contributed by atoms with Crippen molar-refractivity contribution in [1.82, 2.24) is 0 Å². The van der Waals surface area contributed by atoms with Gasteiger partial charge in [-0.3, -0.25) is 4.79 Å². The van der Waals surface area contributed by atoms with Crippen LogP contribution in [0.1, 0.15) is 36.6 Å². The lowest BCUT2D eigenvalue weighted by Crippen LogP contribution is -2.49. The molecule has 1 aliphatic heterocycles. The zero-order valence-corrected chi connectivity index (χ0v) is 19.8. The summed E-state index contributed by atoms with van der Waals surface area (Å²) in [5, 5.41) is 13.9. The van der Waals surface area contributed by atoms with Gasteiger partial charge in [0.1, 0.15) is 29.3 Å². The van der Waals surface area contributed by atoms with Crippen LogP contribution in [0.3, 0.4) is 0 Å². The van der Waals surface area contributed by atoms with E-state index in [0.29, 0.717) is 18.0 Å². The third-order valence-corrected chi connectivity index (χ3v) is 6.03. The molecule has 3 aromatic carbocycles. The van der Waals surface area contributed by atoms with E-state index < -0.39 is 17.8 Å². The van der Waals surface area contributed by atoms with Crippen LogP contribution in [0.4, 0.5) is 5.69 Å². The number of hydrogen-bond acceptors (Lipinski definition) is 5. The Morgan fingerprint density at radius 2 is 1.76 bits per heavy atom. The molecule has 178 valence electrons. The molecule has 2 atom stereocenters. The quantitative estimate of drug-likeness (QED) is 0.508. The van der Waals surface area contributed by atoms with E-state index in [1.54, 1.807) is 13.2 Å². The van der Waals surface area contributed by atoms with Crippen molar-refractivity contribution in [1.29, 1.82) is 0 Å². The summed E-state index contributed by atoms with van der Waals surface area (Å²) in [5.74, 6) is 1.26. The van der Waals surface area contributed by atoms with Gasteiger partial charge in [-0.2, -0.15) is 0 Å². The zero-order valence-electron chi connectivity index (χ0n) is 19.8. The van der Waals surface area contributed by atoms with Gasteiger partial charge < -0.3 is 24.6 Å². The fourth-order valence-corrected chi connectivity index (χ4v) is 4.08. The van der Waals surface area contributed by atoms with E-state index in [2.05, 4.69) is 17.4 Å². The third kappa shape index (κ3) is 5.58. The van der Waals surface area contributed by atoms with Crippen molar-refractivity contribution < 1.29 is 24.1 Å². The molecule has 0 saturated carbocycles. The normalized spacial score (nSPS) is 18.5. The molecular weight excluding hydrogens is 430 g/mol. The standard InChI is InChI=1S/C28H31NO5/c1-28(2)27(31)26(33-16-15-19-7-5-4-6-8-19)23-18-21(11-14-24(23)34-28)29-25(30)17-20-9-12-22(32-3)13-10-20/h4-14,18,26-27,31H,15-17H2,1-3H3,(H,29,30)/t26-,27+/m0/s1. The summed E-state index contributed by atoms with van der Waals surface area (Å²) in [6, 6.07) is 22.9. The molecule has 0 aliphatic carbocycles. The number of nitrogens with one attached hydrogen (secondary N) is 1. The molecule has 0 saturated heterocycles. The number of carbonyl (C=O) groups excluding carboxylic acids is 1. The molecular formula is C28H31NO5. The van der Waals surface area contributed by atoms with Gasteiger partial charge in [-0.25, -0.2) is 0 Å². The number of aliphatic hydroxyl groups excluding tert-OH is 1. The molecule has 1 amide bonds. The van der Waals surface area contributed by atoms with Crippen molar-refractivity contribution in [2.24, 2.45) is 0 Å². The van der Waals surface area contributed by atoms with Gasteiger partial charge in [0.05, 0.1) is 20.1 Å². The van der Waals surface area contributed by atoms with E-state index in [9.17, 15) is 9.90 Å². The van der Waals surface area contributed by atoms with Gasteiger partial charge >= 0.3 is 0 Å². The molecule has 0 spiro atoms. The number of aliphatic hydroxyl groups is 1. The predicted octanol–water partition coefficient (Wildman–Crippen LogP) is 4.71. The highest BCUT2D eigenvalue weighted by molar-refractivity contribution is 5.92. The van der Waals surface area contributed by atoms with E-state index in [4.69, 9.17) is 14.2 Å². The molecule has 0 fully saturated rings. The van der Waals surface area contributed by atoms with E-state index in [1.165, 1.54) is 5.56 Å². The van der Waals surface area contributed by atoms with Crippen molar-refractivity contribution in [3.05, 3.63) is 89.5 Å². The Balaban J connectivity index is 1.47. The van der Waals surface area contributed by atoms with Crippen LogP contribution >= 0.6 is 0 Å². The van der Waals surface area contributed by atoms with Crippen molar-refractivity contribution in [3.8, 4) is 11.5 Å². The first-order chi connectivity index (χ1) is 16.4. The summed E-state index contributed by atoms with van der Waals surface area (Å²) < 4.78 is 17.4. The second-order valence-corrected chi connectivity index (χ2v) is 9.00. The average Bonchev–Trinajstić information content (AvgIpc) is 2.83. The number of carbonyl (C=O) groups is 1. The van der Waals surface area contributed by atoms with Crippen LogP contribution in [0.5, 0.6) is 11.5 Å². The smallest absolute Gasteiger partial charge is 0.228 e. The number of benzene rings is 3. The molecule has 6 nitrogen and oxygen atoms in total. The number of methoxy groups -OCH3 is 1. The highest BCUT2D eigenvalue weighted by Crippen LogP contribution is 2.43. The summed E-state index contributed by atoms with van der Waals surface area (Å²) in [6.07, 6.45) is -0.453. The Morgan fingerprint density at radius 3 is 2.47 bits per heavy atom. The minimum Gasteiger partial charge on any atom is -0.497 e. The van der Waals surface area contributed by atoms with Crippen LogP contribution in [-0.4, -0.2) is 36.4 Å². The van der Waals surface area contributed by atoms with Gasteiger partial charge in [0.25, 0.3) is 0 Å². The second-order valence-electron chi connectivity index (χ2n) is 9.00. The fourth-order valence-electron chi connectivity index (χ4n) is 4.08. The van der Waals surface area contributed by atoms with Gasteiger partial charge in [0, 0.05) is 11.3 Å². The summed E-state index contributed by atoms with van der Waals surface area (Å²) in [4.78, 5) is 12.6. The van der Waals surface area contributed by atoms with E-state index >= 15 is 0 Å². The van der Waals surface area contributed by atoms with E-state index in [0.717, 1.165) is 23.3 Å². The average molecular weight is 462 g/mol. The van der Waals surface area contributed by atoms with Gasteiger partial charge in [-0.05, 0) is 61.7 Å². The van der Waals surface area contributed by atoms with Crippen molar-refractivity contribution >= 4 is 11.6 Å². The summed E-state index contributed by atoms with van der Waals surface area (Å²) >= 11 is 0. The van der Waals surface area contributed by atoms with Crippen LogP contribution in [0.15, 0.2) is 72.8 Å². The molecule has 34 heavy (non-hydrogen) atoms. The molecule has 0 bridgehead atoms. The monoisotopic (exact) mass is 461 g/mol. The Hall–Kier alpha value is -3.35. The van der Waals surface area contributed by atoms with Crippen LogP contribution in [0.25, 0.3) is 0 Å². The molecule has 4 rings (SSSR count). The minimum absolute atomic E-state index is 0.135. The van der Waals surface area contributed by atoms with Crippen molar-refractivity contribution in [2.75, 3.05) is 19.0 Å². The Kier molecular flexibility index (Phi) is 7.20. The number of rotatable bonds is 8. The number of anilines is 1. The minimum atomic E-state index is -0.860. The second kappa shape index (κ2) is 10.3.